The minimum absolute atomic E-state index is 0.605. The zero-order valence-electron chi connectivity index (χ0n) is 21.4. The smallest absolute Gasteiger partial charge is 0.0407 e. The van der Waals surface area contributed by atoms with Gasteiger partial charge in [-0.1, -0.05) is 80.8 Å². The lowest BCUT2D eigenvalue weighted by Crippen LogP contribution is -2.26. The lowest BCUT2D eigenvalue weighted by Gasteiger charge is -2.30. The highest BCUT2D eigenvalue weighted by molar-refractivity contribution is 5.34. The van der Waals surface area contributed by atoms with Crippen LogP contribution in [0.2, 0.25) is 0 Å². The molecule has 1 unspecified atom stereocenters. The van der Waals surface area contributed by atoms with Gasteiger partial charge in [-0.15, -0.1) is 0 Å². The van der Waals surface area contributed by atoms with Gasteiger partial charge in [-0.3, -0.25) is 0 Å². The molecule has 0 radical (unpaired) electrons. The van der Waals surface area contributed by atoms with Crippen LogP contribution in [-0.4, -0.2) is 22.9 Å². The van der Waals surface area contributed by atoms with E-state index in [0.29, 0.717) is 5.92 Å². The topological polar surface area (TPSA) is 6.48 Å². The van der Waals surface area contributed by atoms with Crippen molar-refractivity contribution < 1.29 is 0 Å². The second-order valence-corrected chi connectivity index (χ2v) is 8.50. The monoisotopic (exact) mass is 454 g/mol. The van der Waals surface area contributed by atoms with Crippen LogP contribution in [0.3, 0.4) is 0 Å². The predicted octanol–water partition coefficient (Wildman–Crippen LogP) is 8.54. The van der Waals surface area contributed by atoms with Crippen LogP contribution < -0.4 is 0 Å². The number of allylic oxidation sites excluding steroid dienone is 16. The third kappa shape index (κ3) is 8.59. The molecule has 0 spiro atoms. The molecule has 1 atom stereocenters. The Hall–Kier alpha value is -3.26. The van der Waals surface area contributed by atoms with Crippen LogP contribution in [0.25, 0.3) is 0 Å². The molecule has 0 amide bonds. The summed E-state index contributed by atoms with van der Waals surface area (Å²) in [5, 5.41) is 0. The average molecular weight is 455 g/mol. The van der Waals surface area contributed by atoms with Crippen LogP contribution in [-0.2, 0) is 0 Å². The van der Waals surface area contributed by atoms with Gasteiger partial charge in [0.15, 0.2) is 0 Å². The zero-order valence-corrected chi connectivity index (χ0v) is 21.4. The van der Waals surface area contributed by atoms with Crippen molar-refractivity contribution in [2.75, 3.05) is 13.1 Å². The summed E-state index contributed by atoms with van der Waals surface area (Å²) in [7, 11) is 0. The first-order chi connectivity index (χ1) is 16.6. The summed E-state index contributed by atoms with van der Waals surface area (Å²) in [4.78, 5) is 4.81. The van der Waals surface area contributed by atoms with Gasteiger partial charge in [-0.2, -0.15) is 0 Å². The molecule has 180 valence electrons. The van der Waals surface area contributed by atoms with E-state index in [1.165, 1.54) is 17.1 Å². The lowest BCUT2D eigenvalue weighted by molar-refractivity contribution is 0.388. The van der Waals surface area contributed by atoms with E-state index in [2.05, 4.69) is 116 Å². The van der Waals surface area contributed by atoms with Gasteiger partial charge in [-0.25, -0.2) is 0 Å². The summed E-state index contributed by atoms with van der Waals surface area (Å²) in [6.07, 6.45) is 38.5. The Morgan fingerprint density at radius 2 is 1.76 bits per heavy atom. The Labute approximate surface area is 208 Å². The second-order valence-electron chi connectivity index (χ2n) is 8.50. The summed E-state index contributed by atoms with van der Waals surface area (Å²) in [6.45, 7) is 16.2. The molecule has 2 aliphatic carbocycles. The van der Waals surface area contributed by atoms with E-state index in [4.69, 9.17) is 0 Å². The van der Waals surface area contributed by atoms with Crippen LogP contribution in [0, 0.1) is 5.92 Å². The predicted molar refractivity (Wildman–Crippen MR) is 151 cm³/mol. The molecule has 0 N–H and O–H groups in total. The largest absolute Gasteiger partial charge is 0.342 e. The summed E-state index contributed by atoms with van der Waals surface area (Å²) < 4.78 is 0. The van der Waals surface area contributed by atoms with Crippen LogP contribution in [0.5, 0.6) is 0 Å². The lowest BCUT2D eigenvalue weighted by atomic mass is 10.0. The highest BCUT2D eigenvalue weighted by Crippen LogP contribution is 2.24. The van der Waals surface area contributed by atoms with Crippen molar-refractivity contribution in [3.8, 4) is 0 Å². The Kier molecular flexibility index (Phi) is 12.3. The van der Waals surface area contributed by atoms with Gasteiger partial charge in [0.25, 0.3) is 0 Å². The van der Waals surface area contributed by atoms with Gasteiger partial charge in [0.2, 0.25) is 0 Å². The Morgan fingerprint density at radius 1 is 1.00 bits per heavy atom. The molecule has 0 bridgehead atoms. The molecular weight excluding hydrogens is 412 g/mol. The average Bonchev–Trinajstić information content (AvgIpc) is 3.14. The van der Waals surface area contributed by atoms with E-state index in [1.54, 1.807) is 0 Å². The Morgan fingerprint density at radius 3 is 2.38 bits per heavy atom. The van der Waals surface area contributed by atoms with Crippen LogP contribution >= 0.6 is 0 Å². The second kappa shape index (κ2) is 15.6. The molecule has 0 saturated carbocycles. The molecule has 0 aliphatic heterocycles. The standard InChI is InChI=1S/C32H42N2/c1-6-10-18-29(8-3)33(31-20-14-12-13-15-21-31)26-16-17-27-34(30(9-4)19-11-7-2)32-24-22-28(5)23-25-32/h6-12,14-15,18-22,24-25,28H,2-3,13,16-17,23,26-27H2,1,4-5H3/b10-6-,19-11-,29-18+,30-9+. The Bertz CT molecular complexity index is 943. The molecular formula is C32H42N2. The quantitative estimate of drug-likeness (QED) is 0.203. The van der Waals surface area contributed by atoms with Crippen molar-refractivity contribution in [2.45, 2.75) is 46.5 Å². The third-order valence-electron chi connectivity index (χ3n) is 5.89. The number of hydrogen-bond donors (Lipinski definition) is 0. The number of nitrogens with zero attached hydrogens (tertiary/aromatic N) is 2. The molecule has 2 aliphatic rings. The summed E-state index contributed by atoms with van der Waals surface area (Å²) >= 11 is 0. The van der Waals surface area contributed by atoms with Crippen molar-refractivity contribution in [3.63, 3.8) is 0 Å². The first-order valence-electron chi connectivity index (χ1n) is 12.5. The maximum Gasteiger partial charge on any atom is 0.0407 e. The highest BCUT2D eigenvalue weighted by Gasteiger charge is 2.15. The van der Waals surface area contributed by atoms with E-state index >= 15 is 0 Å². The van der Waals surface area contributed by atoms with Crippen LogP contribution in [0.4, 0.5) is 0 Å². The van der Waals surface area contributed by atoms with E-state index in [1.807, 2.05) is 25.2 Å². The minimum Gasteiger partial charge on any atom is -0.342 e. The minimum atomic E-state index is 0.605. The van der Waals surface area contributed by atoms with Gasteiger partial charge in [-0.05, 0) is 81.9 Å². The third-order valence-corrected chi connectivity index (χ3v) is 5.89. The molecule has 0 aromatic carbocycles. The summed E-state index contributed by atoms with van der Waals surface area (Å²) in [6, 6.07) is 0. The molecule has 0 aromatic rings. The van der Waals surface area contributed by atoms with Gasteiger partial charge < -0.3 is 9.80 Å². The fraction of sp³-hybridized carbons (Fsp3) is 0.312. The van der Waals surface area contributed by atoms with Crippen molar-refractivity contribution in [2.24, 2.45) is 5.92 Å². The van der Waals surface area contributed by atoms with E-state index < -0.39 is 0 Å². The number of unbranched alkanes of at least 4 members (excludes halogenated alkanes) is 1. The van der Waals surface area contributed by atoms with Gasteiger partial charge >= 0.3 is 0 Å². The highest BCUT2D eigenvalue weighted by atomic mass is 15.2. The molecule has 2 nitrogen and oxygen atoms in total. The molecule has 2 heteroatoms. The van der Waals surface area contributed by atoms with Gasteiger partial charge in [0.05, 0.1) is 0 Å². The molecule has 2 rings (SSSR count). The van der Waals surface area contributed by atoms with Crippen LogP contribution in [0.1, 0.15) is 46.5 Å². The van der Waals surface area contributed by atoms with Crippen molar-refractivity contribution in [1.29, 1.82) is 0 Å². The molecule has 0 heterocycles. The maximum absolute atomic E-state index is 4.08. The number of hydrogen-bond acceptors (Lipinski definition) is 2. The van der Waals surface area contributed by atoms with Crippen molar-refractivity contribution >= 4 is 0 Å². The molecule has 0 saturated heterocycles. The maximum atomic E-state index is 4.08. The van der Waals surface area contributed by atoms with Crippen LogP contribution in [0.15, 0.2) is 133 Å². The molecule has 0 aromatic heterocycles. The first-order valence-corrected chi connectivity index (χ1v) is 12.5. The molecule has 34 heavy (non-hydrogen) atoms. The zero-order chi connectivity index (χ0) is 24.6. The van der Waals surface area contributed by atoms with Crippen molar-refractivity contribution in [1.82, 2.24) is 9.80 Å². The van der Waals surface area contributed by atoms with Crippen molar-refractivity contribution in [3.05, 3.63) is 133 Å². The van der Waals surface area contributed by atoms with E-state index in [9.17, 15) is 0 Å². The summed E-state index contributed by atoms with van der Waals surface area (Å²) in [5.74, 6) is 0.605. The van der Waals surface area contributed by atoms with Gasteiger partial charge in [0, 0.05) is 35.9 Å². The normalized spacial score (nSPS) is 18.7. The Balaban J connectivity index is 2.16. The fourth-order valence-corrected chi connectivity index (χ4v) is 3.99. The van der Waals surface area contributed by atoms with E-state index in [0.717, 1.165) is 44.5 Å². The first kappa shape index (κ1) is 27.0. The SMILES string of the molecule is C=C/C=C\C(=C/C)N(CCCCN(C1=CC=CCC=C1)/C(C=C)=C/C=C\C)C1=CCC(C)C=C1. The van der Waals surface area contributed by atoms with E-state index in [-0.39, 0.29) is 0 Å². The van der Waals surface area contributed by atoms with Gasteiger partial charge in [0.1, 0.15) is 0 Å². The number of rotatable bonds is 13. The summed E-state index contributed by atoms with van der Waals surface area (Å²) in [5.41, 5.74) is 4.82. The molecule has 0 fully saturated rings. The fourth-order valence-electron chi connectivity index (χ4n) is 3.99.